The molecule has 0 N–H and O–H groups in total. The number of hydrogen-bond donors (Lipinski definition) is 0. The molecule has 1 fully saturated rings. The van der Waals surface area contributed by atoms with Crippen molar-refractivity contribution in [1.29, 1.82) is 0 Å². The number of rotatable bonds is 2. The van der Waals surface area contributed by atoms with Gasteiger partial charge in [0, 0.05) is 24.7 Å². The molecule has 0 saturated carbocycles. The standard InChI is InChI=1S/C12H10ClNO4/c13-12(16)7-3-11(15)14(5-7)8-1-2-9-10(4-8)18-6-17-9/h1-2,4,7H,3,5-6H2/t7-/m0/s1. The third kappa shape index (κ3) is 1.80. The van der Waals surface area contributed by atoms with Gasteiger partial charge in [-0.2, -0.15) is 0 Å². The summed E-state index contributed by atoms with van der Waals surface area (Å²) in [5, 5.41) is -0.466. The van der Waals surface area contributed by atoms with E-state index in [-0.39, 0.29) is 19.1 Å². The van der Waals surface area contributed by atoms with Crippen LogP contribution in [0.2, 0.25) is 0 Å². The first-order chi connectivity index (χ1) is 8.65. The lowest BCUT2D eigenvalue weighted by molar-refractivity contribution is -0.120. The second-order valence-electron chi connectivity index (χ2n) is 4.25. The van der Waals surface area contributed by atoms with Gasteiger partial charge in [-0.1, -0.05) is 0 Å². The van der Waals surface area contributed by atoms with E-state index in [0.29, 0.717) is 23.7 Å². The minimum Gasteiger partial charge on any atom is -0.454 e. The molecule has 5 nitrogen and oxygen atoms in total. The monoisotopic (exact) mass is 267 g/mol. The van der Waals surface area contributed by atoms with Gasteiger partial charge < -0.3 is 14.4 Å². The summed E-state index contributed by atoms with van der Waals surface area (Å²) in [5.74, 6) is 0.744. The van der Waals surface area contributed by atoms with Crippen LogP contribution in [-0.4, -0.2) is 24.5 Å². The Morgan fingerprint density at radius 2 is 2.11 bits per heavy atom. The predicted molar refractivity (Wildman–Crippen MR) is 63.9 cm³/mol. The molecule has 1 atom stereocenters. The maximum Gasteiger partial charge on any atom is 0.231 e. The van der Waals surface area contributed by atoms with Crippen LogP contribution in [0, 0.1) is 5.92 Å². The number of hydrogen-bond acceptors (Lipinski definition) is 4. The maximum atomic E-state index is 11.8. The highest BCUT2D eigenvalue weighted by atomic mass is 35.5. The Balaban J connectivity index is 1.87. The molecule has 2 aliphatic rings. The van der Waals surface area contributed by atoms with Gasteiger partial charge in [0.25, 0.3) is 0 Å². The quantitative estimate of drug-likeness (QED) is 0.763. The Bertz CT molecular complexity index is 531. The zero-order valence-corrected chi connectivity index (χ0v) is 10.1. The lowest BCUT2D eigenvalue weighted by atomic mass is 10.1. The van der Waals surface area contributed by atoms with E-state index in [0.717, 1.165) is 0 Å². The summed E-state index contributed by atoms with van der Waals surface area (Å²) in [6.07, 6.45) is 0.163. The topological polar surface area (TPSA) is 55.8 Å². The van der Waals surface area contributed by atoms with Crippen molar-refractivity contribution in [2.24, 2.45) is 5.92 Å². The molecule has 0 spiro atoms. The van der Waals surface area contributed by atoms with Crippen molar-refractivity contribution in [3.63, 3.8) is 0 Å². The fourth-order valence-electron chi connectivity index (χ4n) is 2.16. The van der Waals surface area contributed by atoms with E-state index in [2.05, 4.69) is 0 Å². The number of carbonyl (C=O) groups is 2. The van der Waals surface area contributed by atoms with Crippen molar-refractivity contribution in [1.82, 2.24) is 0 Å². The van der Waals surface area contributed by atoms with Gasteiger partial charge in [0.2, 0.25) is 17.9 Å². The number of carbonyl (C=O) groups excluding carboxylic acids is 2. The first-order valence-corrected chi connectivity index (χ1v) is 5.92. The van der Waals surface area contributed by atoms with Crippen LogP contribution in [0.4, 0.5) is 5.69 Å². The van der Waals surface area contributed by atoms with E-state index < -0.39 is 11.2 Å². The van der Waals surface area contributed by atoms with Crippen molar-refractivity contribution in [3.05, 3.63) is 18.2 Å². The molecule has 0 bridgehead atoms. The average Bonchev–Trinajstić information content (AvgIpc) is 2.93. The van der Waals surface area contributed by atoms with Crippen LogP contribution < -0.4 is 14.4 Å². The molecule has 0 aliphatic carbocycles. The molecule has 6 heteroatoms. The first-order valence-electron chi connectivity index (χ1n) is 5.54. The molecule has 18 heavy (non-hydrogen) atoms. The average molecular weight is 268 g/mol. The van der Waals surface area contributed by atoms with Crippen molar-refractivity contribution in [3.8, 4) is 11.5 Å². The molecule has 0 aromatic heterocycles. The number of anilines is 1. The van der Waals surface area contributed by atoms with Gasteiger partial charge in [-0.25, -0.2) is 0 Å². The number of benzene rings is 1. The highest BCUT2D eigenvalue weighted by Crippen LogP contribution is 2.37. The molecular formula is C12H10ClNO4. The Kier molecular flexibility index (Phi) is 2.63. The van der Waals surface area contributed by atoms with E-state index in [9.17, 15) is 9.59 Å². The minimum atomic E-state index is -0.466. The van der Waals surface area contributed by atoms with Gasteiger partial charge in [0.05, 0.1) is 5.92 Å². The van der Waals surface area contributed by atoms with E-state index >= 15 is 0 Å². The Morgan fingerprint density at radius 3 is 2.83 bits per heavy atom. The molecular weight excluding hydrogens is 258 g/mol. The smallest absolute Gasteiger partial charge is 0.231 e. The third-order valence-corrected chi connectivity index (χ3v) is 3.42. The summed E-state index contributed by atoms with van der Waals surface area (Å²) in [6.45, 7) is 0.510. The molecule has 1 aromatic rings. The number of amides is 1. The zero-order valence-electron chi connectivity index (χ0n) is 9.39. The summed E-state index contributed by atoms with van der Waals surface area (Å²) in [6, 6.07) is 5.26. The lowest BCUT2D eigenvalue weighted by Crippen LogP contribution is -2.25. The normalized spacial score (nSPS) is 21.5. The van der Waals surface area contributed by atoms with Crippen LogP contribution in [0.5, 0.6) is 11.5 Å². The molecule has 2 aliphatic heterocycles. The van der Waals surface area contributed by atoms with Gasteiger partial charge in [-0.15, -0.1) is 0 Å². The second kappa shape index (κ2) is 4.17. The van der Waals surface area contributed by atoms with Gasteiger partial charge >= 0.3 is 0 Å². The molecule has 1 aromatic carbocycles. The molecule has 3 rings (SSSR count). The van der Waals surface area contributed by atoms with Gasteiger partial charge in [0.1, 0.15) is 0 Å². The predicted octanol–water partition coefficient (Wildman–Crippen LogP) is 1.53. The summed E-state index contributed by atoms with van der Waals surface area (Å²) < 4.78 is 10.5. The first kappa shape index (κ1) is 11.3. The summed E-state index contributed by atoms with van der Waals surface area (Å²) >= 11 is 5.43. The summed E-state index contributed by atoms with van der Waals surface area (Å²) in [7, 11) is 0. The third-order valence-electron chi connectivity index (χ3n) is 3.11. The Morgan fingerprint density at radius 1 is 1.33 bits per heavy atom. The van der Waals surface area contributed by atoms with Crippen molar-refractivity contribution in [2.75, 3.05) is 18.2 Å². The minimum absolute atomic E-state index is 0.104. The molecule has 2 heterocycles. The highest BCUT2D eigenvalue weighted by Gasteiger charge is 2.34. The SMILES string of the molecule is O=C(Cl)[C@H]1CC(=O)N(c2ccc3c(c2)OCO3)C1. The number of halogens is 1. The van der Waals surface area contributed by atoms with E-state index in [1.165, 1.54) is 0 Å². The van der Waals surface area contributed by atoms with Crippen LogP contribution in [0.15, 0.2) is 18.2 Å². The van der Waals surface area contributed by atoms with Crippen LogP contribution in [0.3, 0.4) is 0 Å². The lowest BCUT2D eigenvalue weighted by Gasteiger charge is -2.16. The van der Waals surface area contributed by atoms with Crippen molar-refractivity contribution >= 4 is 28.4 Å². The molecule has 0 unspecified atom stereocenters. The largest absolute Gasteiger partial charge is 0.454 e. The molecule has 0 radical (unpaired) electrons. The maximum absolute atomic E-state index is 11.8. The van der Waals surface area contributed by atoms with Gasteiger partial charge in [-0.05, 0) is 23.7 Å². The van der Waals surface area contributed by atoms with Crippen LogP contribution in [0.25, 0.3) is 0 Å². The van der Waals surface area contributed by atoms with Gasteiger partial charge in [-0.3, -0.25) is 9.59 Å². The van der Waals surface area contributed by atoms with E-state index in [4.69, 9.17) is 21.1 Å². The Hall–Kier alpha value is -1.75. The van der Waals surface area contributed by atoms with Crippen LogP contribution in [-0.2, 0) is 9.59 Å². The van der Waals surface area contributed by atoms with Gasteiger partial charge in [0.15, 0.2) is 11.5 Å². The second-order valence-corrected chi connectivity index (χ2v) is 4.62. The van der Waals surface area contributed by atoms with Crippen molar-refractivity contribution < 1.29 is 19.1 Å². The fourth-order valence-corrected chi connectivity index (χ4v) is 2.31. The fraction of sp³-hybridized carbons (Fsp3) is 0.333. The molecule has 1 saturated heterocycles. The van der Waals surface area contributed by atoms with E-state index in [1.54, 1.807) is 23.1 Å². The highest BCUT2D eigenvalue weighted by molar-refractivity contribution is 6.64. The number of ether oxygens (including phenoxy) is 2. The van der Waals surface area contributed by atoms with Crippen LogP contribution in [0.1, 0.15) is 6.42 Å². The van der Waals surface area contributed by atoms with E-state index in [1.807, 2.05) is 0 Å². The summed E-state index contributed by atoms with van der Waals surface area (Å²) in [5.41, 5.74) is 0.699. The Labute approximate surface area is 108 Å². The molecule has 1 amide bonds. The number of nitrogens with zero attached hydrogens (tertiary/aromatic N) is 1. The number of fused-ring (bicyclic) bond motifs is 1. The van der Waals surface area contributed by atoms with Crippen molar-refractivity contribution in [2.45, 2.75) is 6.42 Å². The summed E-state index contributed by atoms with van der Waals surface area (Å²) in [4.78, 5) is 24.5. The zero-order chi connectivity index (χ0) is 12.7. The molecule has 94 valence electrons. The van der Waals surface area contributed by atoms with Crippen LogP contribution >= 0.6 is 11.6 Å².